The summed E-state index contributed by atoms with van der Waals surface area (Å²) in [4.78, 5) is 13.9. The predicted octanol–water partition coefficient (Wildman–Crippen LogP) is 1.48. The summed E-state index contributed by atoms with van der Waals surface area (Å²) in [6.07, 6.45) is 4.36. The van der Waals surface area contributed by atoms with Crippen molar-refractivity contribution in [3.8, 4) is 0 Å². The summed E-state index contributed by atoms with van der Waals surface area (Å²) in [5.74, 6) is 0.441. The Morgan fingerprint density at radius 3 is 2.61 bits per heavy atom. The molecule has 0 radical (unpaired) electrons. The zero-order valence-electron chi connectivity index (χ0n) is 10.9. The molecule has 18 heavy (non-hydrogen) atoms. The van der Waals surface area contributed by atoms with Gasteiger partial charge in [0, 0.05) is 24.5 Å². The predicted molar refractivity (Wildman–Crippen MR) is 70.9 cm³/mol. The lowest BCUT2D eigenvalue weighted by Crippen LogP contribution is -2.36. The zero-order chi connectivity index (χ0) is 13.8. The van der Waals surface area contributed by atoms with E-state index >= 15 is 0 Å². The van der Waals surface area contributed by atoms with E-state index in [1.807, 2.05) is 0 Å². The molecule has 1 aromatic rings. The van der Waals surface area contributed by atoms with Crippen LogP contribution in [0.15, 0.2) is 28.2 Å². The third kappa shape index (κ3) is 3.96. The largest absolute Gasteiger partial charge is 0.366 e. The van der Waals surface area contributed by atoms with Crippen LogP contribution in [0.2, 0.25) is 0 Å². The first-order chi connectivity index (χ1) is 8.36. The first kappa shape index (κ1) is 14.9. The smallest absolute Gasteiger partial charge is 0.246 e. The van der Waals surface area contributed by atoms with Gasteiger partial charge in [-0.1, -0.05) is 20.3 Å². The fraction of sp³-hybridized carbons (Fsp3) is 0.583. The van der Waals surface area contributed by atoms with Gasteiger partial charge in [-0.2, -0.15) is 0 Å². The van der Waals surface area contributed by atoms with E-state index in [0.29, 0.717) is 5.92 Å². The molecule has 2 N–H and O–H groups in total. The quantitative estimate of drug-likeness (QED) is 0.823. The fourth-order valence-electron chi connectivity index (χ4n) is 1.76. The van der Waals surface area contributed by atoms with E-state index in [1.165, 1.54) is 18.5 Å². The Kier molecular flexibility index (Phi) is 5.10. The Bertz CT molecular complexity index is 536. The lowest BCUT2D eigenvalue weighted by Gasteiger charge is -2.17. The molecule has 2 unspecified atom stereocenters. The van der Waals surface area contributed by atoms with E-state index in [4.69, 9.17) is 0 Å². The monoisotopic (exact) mass is 272 g/mol. The summed E-state index contributed by atoms with van der Waals surface area (Å²) in [5, 5.41) is 0. The lowest BCUT2D eigenvalue weighted by atomic mass is 10.0. The molecule has 0 bridgehead atoms. The van der Waals surface area contributed by atoms with Crippen LogP contribution in [0, 0.1) is 5.92 Å². The van der Waals surface area contributed by atoms with Crippen LogP contribution < -0.4 is 10.2 Å². The highest BCUT2D eigenvalue weighted by Crippen LogP contribution is 2.11. The number of pyridine rings is 1. The fourth-order valence-corrected chi connectivity index (χ4v) is 3.07. The van der Waals surface area contributed by atoms with E-state index in [9.17, 15) is 13.2 Å². The molecule has 1 rings (SSSR count). The van der Waals surface area contributed by atoms with Crippen molar-refractivity contribution in [1.29, 1.82) is 0 Å². The van der Waals surface area contributed by atoms with E-state index in [2.05, 4.69) is 23.6 Å². The van der Waals surface area contributed by atoms with Crippen molar-refractivity contribution in [3.63, 3.8) is 0 Å². The van der Waals surface area contributed by atoms with Crippen LogP contribution in [0.25, 0.3) is 0 Å². The first-order valence-electron chi connectivity index (χ1n) is 6.06. The molecule has 0 amide bonds. The summed E-state index contributed by atoms with van der Waals surface area (Å²) in [5.41, 5.74) is -0.503. The van der Waals surface area contributed by atoms with Crippen LogP contribution in [-0.2, 0) is 10.0 Å². The summed E-state index contributed by atoms with van der Waals surface area (Å²) in [6.45, 7) is 5.94. The molecule has 0 aliphatic heterocycles. The van der Waals surface area contributed by atoms with Crippen molar-refractivity contribution >= 4 is 10.0 Å². The van der Waals surface area contributed by atoms with Crippen LogP contribution in [0.4, 0.5) is 0 Å². The number of nitrogens with one attached hydrogen (secondary N) is 2. The normalized spacial score (nSPS) is 15.3. The summed E-state index contributed by atoms with van der Waals surface area (Å²) in [6, 6.07) is 1.01. The van der Waals surface area contributed by atoms with Gasteiger partial charge >= 0.3 is 0 Å². The van der Waals surface area contributed by atoms with Gasteiger partial charge in [0.2, 0.25) is 15.5 Å². The minimum atomic E-state index is -3.74. The highest BCUT2D eigenvalue weighted by molar-refractivity contribution is 7.89. The van der Waals surface area contributed by atoms with Gasteiger partial charge in [0.25, 0.3) is 0 Å². The maximum atomic E-state index is 12.0. The highest BCUT2D eigenvalue weighted by Gasteiger charge is 2.20. The molecular weight excluding hydrogens is 252 g/mol. The summed E-state index contributed by atoms with van der Waals surface area (Å²) < 4.78 is 26.5. The average Bonchev–Trinajstić information content (AvgIpc) is 2.28. The molecule has 0 saturated carbocycles. The number of hydrogen-bond acceptors (Lipinski definition) is 3. The topological polar surface area (TPSA) is 79.0 Å². The molecule has 0 aromatic carbocycles. The Balaban J connectivity index is 2.83. The van der Waals surface area contributed by atoms with Crippen molar-refractivity contribution in [1.82, 2.24) is 9.71 Å². The molecule has 0 saturated heterocycles. The first-order valence-corrected chi connectivity index (χ1v) is 7.54. The number of hydrogen-bond donors (Lipinski definition) is 2. The van der Waals surface area contributed by atoms with E-state index in [0.717, 1.165) is 12.8 Å². The molecule has 0 fully saturated rings. The Labute approximate surface area is 108 Å². The second-order valence-corrected chi connectivity index (χ2v) is 6.33. The van der Waals surface area contributed by atoms with Gasteiger partial charge in [0.15, 0.2) is 0 Å². The van der Waals surface area contributed by atoms with E-state index in [-0.39, 0.29) is 10.9 Å². The van der Waals surface area contributed by atoms with Gasteiger partial charge < -0.3 is 4.98 Å². The molecular formula is C12H20N2O3S. The van der Waals surface area contributed by atoms with Crippen LogP contribution in [0.3, 0.4) is 0 Å². The van der Waals surface area contributed by atoms with E-state index in [1.54, 1.807) is 6.92 Å². The molecule has 0 spiro atoms. The second-order valence-electron chi connectivity index (χ2n) is 4.64. The Morgan fingerprint density at radius 1 is 1.39 bits per heavy atom. The minimum Gasteiger partial charge on any atom is -0.366 e. The molecule has 0 aliphatic rings. The maximum Gasteiger partial charge on any atom is 0.246 e. The standard InChI is InChI=1S/C12H20N2O3S/c1-4-9(2)7-10(3)14-18(16,17)12-8-13-6-5-11(12)15/h5-6,8-10,14H,4,7H2,1-3H3,(H,13,15). The van der Waals surface area contributed by atoms with Crippen molar-refractivity contribution in [2.24, 2.45) is 5.92 Å². The number of aromatic amines is 1. The van der Waals surface area contributed by atoms with Crippen molar-refractivity contribution in [3.05, 3.63) is 28.7 Å². The molecule has 6 heteroatoms. The molecule has 1 heterocycles. The lowest BCUT2D eigenvalue weighted by molar-refractivity contribution is 0.445. The molecule has 1 aromatic heterocycles. The summed E-state index contributed by atoms with van der Waals surface area (Å²) in [7, 11) is -3.74. The van der Waals surface area contributed by atoms with Crippen LogP contribution in [-0.4, -0.2) is 19.4 Å². The summed E-state index contributed by atoms with van der Waals surface area (Å²) >= 11 is 0. The second kappa shape index (κ2) is 6.15. The number of rotatable bonds is 6. The van der Waals surface area contributed by atoms with Gasteiger partial charge in [-0.05, 0) is 19.3 Å². The van der Waals surface area contributed by atoms with Crippen LogP contribution >= 0.6 is 0 Å². The SMILES string of the molecule is CCC(C)CC(C)NS(=O)(=O)c1c[nH]ccc1=O. The van der Waals surface area contributed by atoms with Gasteiger partial charge in [-0.15, -0.1) is 0 Å². The number of sulfonamides is 1. The molecule has 102 valence electrons. The van der Waals surface area contributed by atoms with Crippen LogP contribution in [0.5, 0.6) is 0 Å². The van der Waals surface area contributed by atoms with Crippen molar-refractivity contribution in [2.75, 3.05) is 0 Å². The van der Waals surface area contributed by atoms with Gasteiger partial charge in [0.1, 0.15) is 4.90 Å². The minimum absolute atomic E-state index is 0.190. The average molecular weight is 272 g/mol. The van der Waals surface area contributed by atoms with Gasteiger partial charge in [-0.3, -0.25) is 4.79 Å². The zero-order valence-corrected chi connectivity index (χ0v) is 11.8. The maximum absolute atomic E-state index is 12.0. The molecule has 0 aliphatic carbocycles. The van der Waals surface area contributed by atoms with Gasteiger partial charge in [0.05, 0.1) is 0 Å². The molecule has 5 nitrogen and oxygen atoms in total. The third-order valence-electron chi connectivity index (χ3n) is 2.89. The highest BCUT2D eigenvalue weighted by atomic mass is 32.2. The Hall–Kier alpha value is -1.14. The van der Waals surface area contributed by atoms with Crippen LogP contribution in [0.1, 0.15) is 33.6 Å². The number of H-pyrrole nitrogens is 1. The molecule has 2 atom stereocenters. The Morgan fingerprint density at radius 2 is 2.06 bits per heavy atom. The van der Waals surface area contributed by atoms with Crippen molar-refractivity contribution in [2.45, 2.75) is 44.6 Å². The number of aromatic nitrogens is 1. The third-order valence-corrected chi connectivity index (χ3v) is 4.50. The van der Waals surface area contributed by atoms with E-state index < -0.39 is 15.5 Å². The van der Waals surface area contributed by atoms with Crippen molar-refractivity contribution < 1.29 is 8.42 Å². The van der Waals surface area contributed by atoms with Gasteiger partial charge in [-0.25, -0.2) is 13.1 Å².